The average molecular weight is 228 g/mol. The van der Waals surface area contributed by atoms with Crippen LogP contribution in [0.5, 0.6) is 5.75 Å². The molecule has 0 bridgehead atoms. The minimum atomic E-state index is -1.97. The van der Waals surface area contributed by atoms with Crippen LogP contribution in [0.1, 0.15) is 10.4 Å². The zero-order chi connectivity index (χ0) is 12.0. The highest BCUT2D eigenvalue weighted by atomic mass is 17.3. The van der Waals surface area contributed by atoms with Crippen molar-refractivity contribution in [2.24, 2.45) is 0 Å². The Morgan fingerprint density at radius 3 is 2.69 bits per heavy atom. The SMILES string of the molecule is COC(=O)c1ccccc1OOB(O)OO. The van der Waals surface area contributed by atoms with Gasteiger partial charge in [-0.25, -0.2) is 9.60 Å². The summed E-state index contributed by atoms with van der Waals surface area (Å²) in [6.07, 6.45) is 0. The fraction of sp³-hybridized carbons (Fsp3) is 0.125. The van der Waals surface area contributed by atoms with Crippen molar-refractivity contribution in [2.45, 2.75) is 0 Å². The fourth-order valence-corrected chi connectivity index (χ4v) is 0.928. The lowest BCUT2D eigenvalue weighted by Crippen LogP contribution is -2.23. The van der Waals surface area contributed by atoms with Crippen molar-refractivity contribution in [3.8, 4) is 5.75 Å². The molecule has 86 valence electrons. The molecule has 0 aliphatic rings. The van der Waals surface area contributed by atoms with Crippen molar-refractivity contribution >= 4 is 13.3 Å². The van der Waals surface area contributed by atoms with E-state index in [9.17, 15) is 4.79 Å². The maximum atomic E-state index is 11.2. The van der Waals surface area contributed by atoms with Crippen molar-refractivity contribution in [1.82, 2.24) is 0 Å². The Bertz CT molecular complexity index is 356. The van der Waals surface area contributed by atoms with Gasteiger partial charge >= 0.3 is 13.3 Å². The summed E-state index contributed by atoms with van der Waals surface area (Å²) in [6.45, 7) is 0. The third-order valence-electron chi connectivity index (χ3n) is 1.60. The van der Waals surface area contributed by atoms with Crippen LogP contribution in [0.25, 0.3) is 0 Å². The summed E-state index contributed by atoms with van der Waals surface area (Å²) in [7, 11) is -0.753. The molecule has 8 heteroatoms. The zero-order valence-electron chi connectivity index (χ0n) is 8.32. The topological polar surface area (TPSA) is 94.5 Å². The third-order valence-corrected chi connectivity index (χ3v) is 1.60. The van der Waals surface area contributed by atoms with Crippen LogP contribution in [0.4, 0.5) is 0 Å². The molecule has 1 aromatic rings. The predicted molar refractivity (Wildman–Crippen MR) is 51.2 cm³/mol. The van der Waals surface area contributed by atoms with Gasteiger partial charge in [0.05, 0.1) is 7.11 Å². The number of ether oxygens (including phenoxy) is 1. The van der Waals surface area contributed by atoms with Crippen LogP contribution in [0.15, 0.2) is 24.3 Å². The largest absolute Gasteiger partial charge is 0.703 e. The molecule has 0 unspecified atom stereocenters. The number of hydrogen-bond acceptors (Lipinski definition) is 7. The predicted octanol–water partition coefficient (Wildman–Crippen LogP) is 0.250. The second-order valence-electron chi connectivity index (χ2n) is 2.58. The van der Waals surface area contributed by atoms with E-state index in [0.29, 0.717) is 0 Å². The van der Waals surface area contributed by atoms with Gasteiger partial charge in [0.15, 0.2) is 5.75 Å². The quantitative estimate of drug-likeness (QED) is 0.322. The Morgan fingerprint density at radius 2 is 2.06 bits per heavy atom. The van der Waals surface area contributed by atoms with E-state index in [1.807, 2.05) is 0 Å². The molecule has 2 N–H and O–H groups in total. The minimum Gasteiger partial charge on any atom is -0.465 e. The molecular weight excluding hydrogens is 219 g/mol. The molecule has 0 amide bonds. The van der Waals surface area contributed by atoms with Crippen LogP contribution in [0.3, 0.4) is 0 Å². The summed E-state index contributed by atoms with van der Waals surface area (Å²) < 4.78 is 4.49. The molecule has 7 nitrogen and oxygen atoms in total. The van der Waals surface area contributed by atoms with Gasteiger partial charge < -0.3 is 14.6 Å². The number of carbonyl (C=O) groups excluding carboxylic acids is 1. The molecule has 0 fully saturated rings. The number of hydrogen-bond donors (Lipinski definition) is 2. The first kappa shape index (κ1) is 12.5. The molecule has 0 aliphatic carbocycles. The van der Waals surface area contributed by atoms with Crippen LogP contribution in [0.2, 0.25) is 0 Å². The van der Waals surface area contributed by atoms with Crippen LogP contribution in [0, 0.1) is 0 Å². The molecular formula is C8H9BO7. The van der Waals surface area contributed by atoms with E-state index >= 15 is 0 Å². The summed E-state index contributed by atoms with van der Waals surface area (Å²) in [4.78, 5) is 23.4. The molecule has 0 spiro atoms. The van der Waals surface area contributed by atoms with Gasteiger partial charge in [-0.2, -0.15) is 4.81 Å². The first-order valence-corrected chi connectivity index (χ1v) is 4.18. The molecule has 0 radical (unpaired) electrons. The van der Waals surface area contributed by atoms with Crippen LogP contribution in [-0.2, 0) is 14.3 Å². The maximum Gasteiger partial charge on any atom is 0.703 e. The maximum absolute atomic E-state index is 11.2. The summed E-state index contributed by atoms with van der Waals surface area (Å²) in [5.74, 6) is -0.607. The van der Waals surface area contributed by atoms with Gasteiger partial charge in [0, 0.05) is 0 Å². The van der Waals surface area contributed by atoms with Crippen molar-refractivity contribution in [3.05, 3.63) is 29.8 Å². The van der Waals surface area contributed by atoms with Crippen molar-refractivity contribution in [2.75, 3.05) is 7.11 Å². The molecule has 16 heavy (non-hydrogen) atoms. The highest BCUT2D eigenvalue weighted by Gasteiger charge is 2.20. The van der Waals surface area contributed by atoms with E-state index in [2.05, 4.69) is 19.2 Å². The Kier molecular flexibility index (Phi) is 4.74. The van der Waals surface area contributed by atoms with E-state index in [1.165, 1.54) is 19.2 Å². The van der Waals surface area contributed by atoms with Gasteiger partial charge in [0.2, 0.25) is 0 Å². The zero-order valence-corrected chi connectivity index (χ0v) is 8.32. The molecule has 0 heterocycles. The average Bonchev–Trinajstić information content (AvgIpc) is 2.35. The van der Waals surface area contributed by atoms with Gasteiger partial charge in [-0.05, 0) is 12.1 Å². The van der Waals surface area contributed by atoms with Gasteiger partial charge in [0.1, 0.15) is 5.56 Å². The number of esters is 1. The van der Waals surface area contributed by atoms with Crippen LogP contribution < -0.4 is 4.89 Å². The van der Waals surface area contributed by atoms with E-state index in [1.54, 1.807) is 12.1 Å². The lowest BCUT2D eigenvalue weighted by Gasteiger charge is -2.08. The minimum absolute atomic E-state index is 0.0189. The fourth-order valence-electron chi connectivity index (χ4n) is 0.928. The number of methoxy groups -OCH3 is 1. The number of benzene rings is 1. The Labute approximate surface area is 91.2 Å². The standard InChI is InChI=1S/C8H9BO7/c1-13-8(10)6-4-2-3-5-7(6)14-16-9(11)15-12/h2-5,11-12H,1H3. The number of rotatable bonds is 5. The van der Waals surface area contributed by atoms with Crippen LogP contribution >= 0.6 is 0 Å². The van der Waals surface area contributed by atoms with Crippen molar-refractivity contribution in [1.29, 1.82) is 0 Å². The molecule has 0 aromatic heterocycles. The van der Waals surface area contributed by atoms with Gasteiger partial charge in [0.25, 0.3) is 0 Å². The number of para-hydroxylation sites is 1. The van der Waals surface area contributed by atoms with Crippen molar-refractivity contribution in [3.63, 3.8) is 0 Å². The molecule has 1 rings (SSSR count). The Hall–Kier alpha value is -1.61. The molecule has 1 aromatic carbocycles. The normalized spacial score (nSPS) is 9.69. The smallest absolute Gasteiger partial charge is 0.465 e. The summed E-state index contributed by atoms with van der Waals surface area (Å²) in [5, 5.41) is 16.7. The third kappa shape index (κ3) is 3.21. The Morgan fingerprint density at radius 1 is 1.38 bits per heavy atom. The molecule has 0 atom stereocenters. The lowest BCUT2D eigenvalue weighted by molar-refractivity contribution is -0.229. The second-order valence-corrected chi connectivity index (χ2v) is 2.58. The molecule has 0 saturated carbocycles. The van der Waals surface area contributed by atoms with E-state index in [4.69, 9.17) is 10.3 Å². The van der Waals surface area contributed by atoms with Gasteiger partial charge in [-0.15, -0.1) is 0 Å². The van der Waals surface area contributed by atoms with Gasteiger partial charge in [-0.1, -0.05) is 12.1 Å². The first-order valence-electron chi connectivity index (χ1n) is 4.18. The molecule has 0 aliphatic heterocycles. The van der Waals surface area contributed by atoms with E-state index in [0.717, 1.165) is 0 Å². The first-order chi connectivity index (χ1) is 7.69. The summed E-state index contributed by atoms with van der Waals surface area (Å²) >= 11 is 0. The van der Waals surface area contributed by atoms with Crippen molar-refractivity contribution < 1.29 is 34.3 Å². The lowest BCUT2D eigenvalue weighted by atomic mass is 10.2. The summed E-state index contributed by atoms with van der Waals surface area (Å²) in [5.41, 5.74) is 0.107. The Balaban J connectivity index is 2.75. The van der Waals surface area contributed by atoms with E-state index < -0.39 is 13.3 Å². The highest BCUT2D eigenvalue weighted by molar-refractivity contribution is 6.33. The monoisotopic (exact) mass is 228 g/mol. The number of carbonyl (C=O) groups is 1. The van der Waals surface area contributed by atoms with Gasteiger partial charge in [-0.3, -0.25) is 5.26 Å². The summed E-state index contributed by atoms with van der Waals surface area (Å²) in [6, 6.07) is 6.03. The van der Waals surface area contributed by atoms with Crippen LogP contribution in [-0.4, -0.2) is 30.7 Å². The van der Waals surface area contributed by atoms with E-state index in [-0.39, 0.29) is 11.3 Å². The molecule has 0 saturated heterocycles. The second kappa shape index (κ2) is 6.08. The highest BCUT2D eigenvalue weighted by Crippen LogP contribution is 2.19.